The third-order valence-electron chi connectivity index (χ3n) is 3.77. The quantitative estimate of drug-likeness (QED) is 0.670. The molecule has 0 aliphatic rings. The van der Waals surface area contributed by atoms with Crippen LogP contribution in [-0.2, 0) is 11.2 Å². The van der Waals surface area contributed by atoms with Crippen LogP contribution in [0.4, 0.5) is 0 Å². The number of amides is 1. The molecule has 0 aliphatic carbocycles. The number of nitrogens with one attached hydrogen (secondary N) is 1. The van der Waals surface area contributed by atoms with Gasteiger partial charge in [0.15, 0.2) is 0 Å². The fourth-order valence-electron chi connectivity index (χ4n) is 2.46. The number of aromatic nitrogens is 2. The van der Waals surface area contributed by atoms with E-state index in [4.69, 9.17) is 9.15 Å². The Morgan fingerprint density at radius 1 is 1.31 bits per heavy atom. The van der Waals surface area contributed by atoms with Crippen molar-refractivity contribution >= 4 is 11.9 Å². The molecule has 0 saturated carbocycles. The number of hydrogen-bond acceptors (Lipinski definition) is 5. The van der Waals surface area contributed by atoms with Gasteiger partial charge in [-0.2, -0.15) is 5.10 Å². The SMILES string of the molecule is COc1ccccc1-n1cc(C(=O)N[C@H](Cc2ccco2)C(=O)O)cn1. The number of methoxy groups -OCH3 is 1. The number of carboxylic acid groups (broad SMARTS) is 1. The summed E-state index contributed by atoms with van der Waals surface area (Å²) in [6.07, 6.45) is 4.38. The van der Waals surface area contributed by atoms with Crippen LogP contribution < -0.4 is 10.1 Å². The number of carbonyl (C=O) groups excluding carboxylic acids is 1. The summed E-state index contributed by atoms with van der Waals surface area (Å²) in [6.45, 7) is 0. The molecule has 1 amide bonds. The molecule has 8 heteroatoms. The average molecular weight is 355 g/mol. The van der Waals surface area contributed by atoms with Crippen molar-refractivity contribution in [3.05, 3.63) is 66.4 Å². The Labute approximate surface area is 149 Å². The van der Waals surface area contributed by atoms with Gasteiger partial charge in [0.25, 0.3) is 5.91 Å². The van der Waals surface area contributed by atoms with Crippen molar-refractivity contribution in [1.29, 1.82) is 0 Å². The lowest BCUT2D eigenvalue weighted by Gasteiger charge is -2.12. The number of furan rings is 1. The zero-order chi connectivity index (χ0) is 18.5. The van der Waals surface area contributed by atoms with Gasteiger partial charge in [-0.15, -0.1) is 0 Å². The molecule has 2 aromatic heterocycles. The predicted octanol–water partition coefficient (Wildman–Crippen LogP) is 1.90. The van der Waals surface area contributed by atoms with Crippen molar-refractivity contribution in [2.45, 2.75) is 12.5 Å². The summed E-state index contributed by atoms with van der Waals surface area (Å²) in [6, 6.07) is 9.43. The van der Waals surface area contributed by atoms with E-state index in [9.17, 15) is 14.7 Å². The molecule has 3 rings (SSSR count). The van der Waals surface area contributed by atoms with E-state index in [0.717, 1.165) is 0 Å². The highest BCUT2D eigenvalue weighted by Gasteiger charge is 2.23. The number of para-hydroxylation sites is 2. The Morgan fingerprint density at radius 3 is 2.81 bits per heavy atom. The summed E-state index contributed by atoms with van der Waals surface area (Å²) >= 11 is 0. The van der Waals surface area contributed by atoms with Crippen molar-refractivity contribution in [1.82, 2.24) is 15.1 Å². The predicted molar refractivity (Wildman–Crippen MR) is 91.4 cm³/mol. The van der Waals surface area contributed by atoms with Crippen molar-refractivity contribution < 1.29 is 23.8 Å². The van der Waals surface area contributed by atoms with Crippen LogP contribution in [0.25, 0.3) is 5.69 Å². The van der Waals surface area contributed by atoms with Gasteiger partial charge in [-0.05, 0) is 24.3 Å². The summed E-state index contributed by atoms with van der Waals surface area (Å²) in [5.41, 5.74) is 0.904. The fourth-order valence-corrected chi connectivity index (χ4v) is 2.46. The first kappa shape index (κ1) is 17.3. The van der Waals surface area contributed by atoms with Crippen LogP contribution in [0.5, 0.6) is 5.75 Å². The molecule has 8 nitrogen and oxygen atoms in total. The van der Waals surface area contributed by atoms with Gasteiger partial charge in [-0.1, -0.05) is 12.1 Å². The molecule has 0 unspecified atom stereocenters. The summed E-state index contributed by atoms with van der Waals surface area (Å²) in [7, 11) is 1.54. The Hall–Kier alpha value is -3.55. The van der Waals surface area contributed by atoms with E-state index in [1.807, 2.05) is 12.1 Å². The van der Waals surface area contributed by atoms with Crippen LogP contribution in [0.1, 0.15) is 16.1 Å². The lowest BCUT2D eigenvalue weighted by molar-refractivity contribution is -0.139. The monoisotopic (exact) mass is 355 g/mol. The normalized spacial score (nSPS) is 11.7. The van der Waals surface area contributed by atoms with Crippen LogP contribution in [0.15, 0.2) is 59.5 Å². The lowest BCUT2D eigenvalue weighted by Crippen LogP contribution is -2.42. The number of hydrogen-bond donors (Lipinski definition) is 2. The highest BCUT2D eigenvalue weighted by atomic mass is 16.5. The second-order valence-electron chi connectivity index (χ2n) is 5.49. The zero-order valence-electron chi connectivity index (χ0n) is 14.0. The lowest BCUT2D eigenvalue weighted by atomic mass is 10.1. The molecular formula is C18H17N3O5. The first-order chi connectivity index (χ1) is 12.6. The third kappa shape index (κ3) is 3.75. The number of nitrogens with zero attached hydrogens (tertiary/aromatic N) is 2. The minimum Gasteiger partial charge on any atom is -0.494 e. The zero-order valence-corrected chi connectivity index (χ0v) is 14.0. The molecule has 26 heavy (non-hydrogen) atoms. The number of benzene rings is 1. The van der Waals surface area contributed by atoms with E-state index >= 15 is 0 Å². The molecule has 0 spiro atoms. The highest BCUT2D eigenvalue weighted by molar-refractivity contribution is 5.96. The van der Waals surface area contributed by atoms with Crippen molar-refractivity contribution in [3.63, 3.8) is 0 Å². The summed E-state index contributed by atoms with van der Waals surface area (Å²) < 4.78 is 11.9. The summed E-state index contributed by atoms with van der Waals surface area (Å²) in [5, 5.41) is 16.0. The van der Waals surface area contributed by atoms with Crippen molar-refractivity contribution in [2.75, 3.05) is 7.11 Å². The van der Waals surface area contributed by atoms with E-state index < -0.39 is 17.9 Å². The van der Waals surface area contributed by atoms with E-state index in [0.29, 0.717) is 17.2 Å². The van der Waals surface area contributed by atoms with Crippen LogP contribution in [0.3, 0.4) is 0 Å². The maximum Gasteiger partial charge on any atom is 0.326 e. The van der Waals surface area contributed by atoms with Gasteiger partial charge < -0.3 is 19.6 Å². The fraction of sp³-hybridized carbons (Fsp3) is 0.167. The van der Waals surface area contributed by atoms with E-state index in [1.54, 1.807) is 31.4 Å². The number of rotatable bonds is 7. The van der Waals surface area contributed by atoms with Gasteiger partial charge in [-0.25, -0.2) is 9.48 Å². The topological polar surface area (TPSA) is 107 Å². The first-order valence-electron chi connectivity index (χ1n) is 7.82. The van der Waals surface area contributed by atoms with Gasteiger partial charge >= 0.3 is 5.97 Å². The summed E-state index contributed by atoms with van der Waals surface area (Å²) in [5.74, 6) is -0.608. The molecule has 1 atom stereocenters. The van der Waals surface area contributed by atoms with Crippen molar-refractivity contribution in [3.8, 4) is 11.4 Å². The van der Waals surface area contributed by atoms with Gasteiger partial charge in [0.2, 0.25) is 0 Å². The standard InChI is InChI=1S/C18H17N3O5/c1-25-16-7-3-2-6-15(16)21-11-12(10-19-21)17(22)20-14(18(23)24)9-13-5-4-8-26-13/h2-8,10-11,14H,9H2,1H3,(H,20,22)(H,23,24)/t14-/m1/s1. The Morgan fingerprint density at radius 2 is 2.12 bits per heavy atom. The highest BCUT2D eigenvalue weighted by Crippen LogP contribution is 2.21. The van der Waals surface area contributed by atoms with Gasteiger partial charge in [0, 0.05) is 12.6 Å². The maximum absolute atomic E-state index is 12.4. The van der Waals surface area contributed by atoms with Crippen LogP contribution in [0, 0.1) is 0 Å². The number of ether oxygens (including phenoxy) is 1. The van der Waals surface area contributed by atoms with Gasteiger partial charge in [0.1, 0.15) is 23.2 Å². The Kier molecular flexibility index (Phi) is 5.02. The molecular weight excluding hydrogens is 338 g/mol. The molecule has 0 saturated heterocycles. The van der Waals surface area contributed by atoms with Gasteiger partial charge in [0.05, 0.1) is 25.1 Å². The second-order valence-corrected chi connectivity index (χ2v) is 5.49. The third-order valence-corrected chi connectivity index (χ3v) is 3.77. The first-order valence-corrected chi connectivity index (χ1v) is 7.82. The largest absolute Gasteiger partial charge is 0.494 e. The van der Waals surface area contributed by atoms with Crippen molar-refractivity contribution in [2.24, 2.45) is 0 Å². The van der Waals surface area contributed by atoms with E-state index in [1.165, 1.54) is 23.3 Å². The summed E-state index contributed by atoms with van der Waals surface area (Å²) in [4.78, 5) is 23.8. The molecule has 0 aliphatic heterocycles. The number of carbonyl (C=O) groups is 2. The van der Waals surface area contributed by atoms with Crippen LogP contribution in [0.2, 0.25) is 0 Å². The molecule has 0 bridgehead atoms. The number of aliphatic carboxylic acids is 1. The molecule has 2 heterocycles. The molecule has 2 N–H and O–H groups in total. The molecule has 0 fully saturated rings. The average Bonchev–Trinajstić information content (AvgIpc) is 3.32. The van der Waals surface area contributed by atoms with E-state index in [2.05, 4.69) is 10.4 Å². The minimum absolute atomic E-state index is 0.0503. The molecule has 0 radical (unpaired) electrons. The molecule has 134 valence electrons. The minimum atomic E-state index is -1.15. The Balaban J connectivity index is 1.75. The number of carboxylic acids is 1. The second kappa shape index (κ2) is 7.56. The molecule has 1 aromatic carbocycles. The van der Waals surface area contributed by atoms with Crippen LogP contribution in [-0.4, -0.2) is 39.9 Å². The molecule has 3 aromatic rings. The van der Waals surface area contributed by atoms with Crippen LogP contribution >= 0.6 is 0 Å². The maximum atomic E-state index is 12.4. The Bertz CT molecular complexity index is 901. The van der Waals surface area contributed by atoms with Gasteiger partial charge in [-0.3, -0.25) is 4.79 Å². The van der Waals surface area contributed by atoms with E-state index in [-0.39, 0.29) is 12.0 Å². The smallest absolute Gasteiger partial charge is 0.326 e.